The summed E-state index contributed by atoms with van der Waals surface area (Å²) >= 11 is 0. The molecule has 0 aliphatic heterocycles. The second kappa shape index (κ2) is 5.78. The molecular formula is C20H20O4. The van der Waals surface area contributed by atoms with Gasteiger partial charge in [-0.1, -0.05) is 12.1 Å². The molecule has 4 heteroatoms. The molecule has 0 saturated heterocycles. The van der Waals surface area contributed by atoms with Gasteiger partial charge in [-0.25, -0.2) is 9.59 Å². The number of methoxy groups -OCH3 is 1. The lowest BCUT2D eigenvalue weighted by atomic mass is 10.0. The van der Waals surface area contributed by atoms with Crippen LogP contribution in [0.15, 0.2) is 36.4 Å². The fourth-order valence-electron chi connectivity index (χ4n) is 2.92. The van der Waals surface area contributed by atoms with Crippen LogP contribution in [0.4, 0.5) is 0 Å². The van der Waals surface area contributed by atoms with Crippen LogP contribution >= 0.6 is 0 Å². The topological polar surface area (TPSA) is 52.6 Å². The summed E-state index contributed by atoms with van der Waals surface area (Å²) in [5, 5.41) is 0. The van der Waals surface area contributed by atoms with Crippen LogP contribution in [-0.4, -0.2) is 24.6 Å². The normalized spacial score (nSPS) is 12.3. The molecule has 0 radical (unpaired) electrons. The Balaban J connectivity index is 1.91. The van der Waals surface area contributed by atoms with Gasteiger partial charge in [0, 0.05) is 0 Å². The quantitative estimate of drug-likeness (QED) is 0.669. The summed E-state index contributed by atoms with van der Waals surface area (Å²) in [6.07, 6.45) is 0.687. The molecule has 0 bridgehead atoms. The zero-order valence-corrected chi connectivity index (χ0v) is 14.3. The maximum absolute atomic E-state index is 12.2. The second-order valence-electron chi connectivity index (χ2n) is 6.91. The minimum Gasteiger partial charge on any atom is -0.465 e. The van der Waals surface area contributed by atoms with Crippen LogP contribution < -0.4 is 0 Å². The Morgan fingerprint density at radius 2 is 1.38 bits per heavy atom. The minimum absolute atomic E-state index is 0.323. The summed E-state index contributed by atoms with van der Waals surface area (Å²) in [6, 6.07) is 11.2. The monoisotopic (exact) mass is 324 g/mol. The Morgan fingerprint density at radius 3 is 1.83 bits per heavy atom. The van der Waals surface area contributed by atoms with Crippen molar-refractivity contribution in [1.29, 1.82) is 0 Å². The van der Waals surface area contributed by atoms with Crippen molar-refractivity contribution >= 4 is 11.9 Å². The van der Waals surface area contributed by atoms with E-state index in [0.29, 0.717) is 17.5 Å². The molecule has 0 saturated carbocycles. The third-order valence-electron chi connectivity index (χ3n) is 3.94. The fraction of sp³-hybridized carbons (Fsp3) is 0.300. The molecule has 24 heavy (non-hydrogen) atoms. The van der Waals surface area contributed by atoms with Crippen molar-refractivity contribution in [3.05, 3.63) is 58.7 Å². The molecule has 4 nitrogen and oxygen atoms in total. The first kappa shape index (κ1) is 16.2. The van der Waals surface area contributed by atoms with E-state index >= 15 is 0 Å². The van der Waals surface area contributed by atoms with Gasteiger partial charge in [0.05, 0.1) is 18.2 Å². The van der Waals surface area contributed by atoms with Gasteiger partial charge in [0.2, 0.25) is 0 Å². The molecule has 0 fully saturated rings. The molecule has 0 heterocycles. The largest absolute Gasteiger partial charge is 0.465 e. The van der Waals surface area contributed by atoms with Gasteiger partial charge >= 0.3 is 11.9 Å². The molecule has 0 atom stereocenters. The van der Waals surface area contributed by atoms with Gasteiger partial charge in [-0.3, -0.25) is 0 Å². The summed E-state index contributed by atoms with van der Waals surface area (Å²) < 4.78 is 10.2. The molecule has 1 aliphatic carbocycles. The van der Waals surface area contributed by atoms with Crippen LogP contribution in [-0.2, 0) is 15.9 Å². The highest BCUT2D eigenvalue weighted by molar-refractivity contribution is 5.93. The van der Waals surface area contributed by atoms with Gasteiger partial charge in [-0.05, 0) is 73.7 Å². The summed E-state index contributed by atoms with van der Waals surface area (Å²) in [5.41, 5.74) is 4.88. The van der Waals surface area contributed by atoms with E-state index in [9.17, 15) is 9.59 Å². The van der Waals surface area contributed by atoms with E-state index in [1.165, 1.54) is 7.11 Å². The van der Waals surface area contributed by atoms with Crippen LogP contribution in [0.1, 0.15) is 52.6 Å². The number of rotatable bonds is 2. The Bertz CT molecular complexity index is 828. The maximum Gasteiger partial charge on any atom is 0.338 e. The number of ether oxygens (including phenoxy) is 2. The third kappa shape index (κ3) is 3.04. The molecular weight excluding hydrogens is 304 g/mol. The van der Waals surface area contributed by atoms with Gasteiger partial charge < -0.3 is 9.47 Å². The highest BCUT2D eigenvalue weighted by Crippen LogP contribution is 2.37. The van der Waals surface area contributed by atoms with Gasteiger partial charge in [-0.15, -0.1) is 0 Å². The van der Waals surface area contributed by atoms with Crippen LogP contribution in [0.5, 0.6) is 0 Å². The van der Waals surface area contributed by atoms with Gasteiger partial charge in [0.25, 0.3) is 0 Å². The highest BCUT2D eigenvalue weighted by Gasteiger charge is 2.23. The molecule has 2 aromatic carbocycles. The predicted molar refractivity (Wildman–Crippen MR) is 91.2 cm³/mol. The van der Waals surface area contributed by atoms with Crippen LogP contribution in [0.3, 0.4) is 0 Å². The second-order valence-corrected chi connectivity index (χ2v) is 6.91. The molecule has 124 valence electrons. The fourth-order valence-corrected chi connectivity index (χ4v) is 2.92. The molecule has 0 spiro atoms. The van der Waals surface area contributed by atoms with E-state index < -0.39 is 5.60 Å². The lowest BCUT2D eigenvalue weighted by Gasteiger charge is -2.19. The molecule has 3 rings (SSSR count). The zero-order chi connectivity index (χ0) is 17.5. The van der Waals surface area contributed by atoms with E-state index in [4.69, 9.17) is 9.47 Å². The molecule has 0 N–H and O–H groups in total. The lowest BCUT2D eigenvalue weighted by molar-refractivity contribution is 0.00692. The van der Waals surface area contributed by atoms with Crippen LogP contribution in [0.25, 0.3) is 11.1 Å². The Labute approximate surface area is 141 Å². The number of carbonyl (C=O) groups is 2. The summed E-state index contributed by atoms with van der Waals surface area (Å²) in [6.45, 7) is 5.55. The standard InChI is InChI=1S/C20H20O4/c1-20(2,3)24-19(22)13-6-8-17-15(10-13)11-14-9-12(18(21)23-4)5-7-16(14)17/h5-10H,11H2,1-4H3. The minimum atomic E-state index is -0.519. The third-order valence-corrected chi connectivity index (χ3v) is 3.94. The first-order chi connectivity index (χ1) is 11.3. The average Bonchev–Trinajstić information content (AvgIpc) is 2.89. The predicted octanol–water partition coefficient (Wildman–Crippen LogP) is 4.00. The van der Waals surface area contributed by atoms with E-state index in [1.807, 2.05) is 45.0 Å². The Hall–Kier alpha value is -2.62. The van der Waals surface area contributed by atoms with Crippen molar-refractivity contribution in [2.45, 2.75) is 32.8 Å². The number of fused-ring (bicyclic) bond motifs is 3. The van der Waals surface area contributed by atoms with Crippen LogP contribution in [0.2, 0.25) is 0 Å². The summed E-state index contributed by atoms with van der Waals surface area (Å²) in [5.74, 6) is -0.667. The summed E-state index contributed by atoms with van der Waals surface area (Å²) in [4.78, 5) is 23.9. The van der Waals surface area contributed by atoms with E-state index in [0.717, 1.165) is 22.3 Å². The number of carbonyl (C=O) groups excluding carboxylic acids is 2. The van der Waals surface area contributed by atoms with Crippen molar-refractivity contribution in [2.75, 3.05) is 7.11 Å². The number of esters is 2. The van der Waals surface area contributed by atoms with Gasteiger partial charge in [0.15, 0.2) is 0 Å². The maximum atomic E-state index is 12.2. The van der Waals surface area contributed by atoms with Crippen molar-refractivity contribution in [2.24, 2.45) is 0 Å². The molecule has 0 amide bonds. The number of benzene rings is 2. The van der Waals surface area contributed by atoms with Crippen molar-refractivity contribution in [1.82, 2.24) is 0 Å². The number of hydrogen-bond acceptors (Lipinski definition) is 4. The average molecular weight is 324 g/mol. The molecule has 2 aromatic rings. The smallest absolute Gasteiger partial charge is 0.338 e. The van der Waals surface area contributed by atoms with Crippen molar-refractivity contribution < 1.29 is 19.1 Å². The van der Waals surface area contributed by atoms with E-state index in [1.54, 1.807) is 12.1 Å². The van der Waals surface area contributed by atoms with Crippen molar-refractivity contribution in [3.63, 3.8) is 0 Å². The first-order valence-electron chi connectivity index (χ1n) is 7.86. The Kier molecular flexibility index (Phi) is 3.91. The number of hydrogen-bond donors (Lipinski definition) is 0. The van der Waals surface area contributed by atoms with Crippen LogP contribution in [0, 0.1) is 0 Å². The van der Waals surface area contributed by atoms with Gasteiger partial charge in [0.1, 0.15) is 5.60 Å². The molecule has 0 aromatic heterocycles. The van der Waals surface area contributed by atoms with Crippen molar-refractivity contribution in [3.8, 4) is 11.1 Å². The lowest BCUT2D eigenvalue weighted by Crippen LogP contribution is -2.23. The first-order valence-corrected chi connectivity index (χ1v) is 7.86. The SMILES string of the molecule is COC(=O)c1ccc2c(c1)Cc1cc(C(=O)OC(C)(C)C)ccc1-2. The van der Waals surface area contributed by atoms with E-state index in [2.05, 4.69) is 0 Å². The van der Waals surface area contributed by atoms with Gasteiger partial charge in [-0.2, -0.15) is 0 Å². The summed E-state index contributed by atoms with van der Waals surface area (Å²) in [7, 11) is 1.37. The Morgan fingerprint density at radius 1 is 0.875 bits per heavy atom. The molecule has 1 aliphatic rings. The molecule has 0 unspecified atom stereocenters. The highest BCUT2D eigenvalue weighted by atomic mass is 16.6. The zero-order valence-electron chi connectivity index (χ0n) is 14.3. The van der Waals surface area contributed by atoms with E-state index in [-0.39, 0.29) is 11.9 Å².